The van der Waals surface area contributed by atoms with Gasteiger partial charge in [-0.15, -0.1) is 34.7 Å². The minimum absolute atomic E-state index is 0.156. The van der Waals surface area contributed by atoms with E-state index in [0.717, 1.165) is 10.4 Å². The van der Waals surface area contributed by atoms with E-state index in [2.05, 4.69) is 30.2 Å². The number of halogens is 3. The van der Waals surface area contributed by atoms with Crippen molar-refractivity contribution in [3.63, 3.8) is 0 Å². The van der Waals surface area contributed by atoms with Crippen molar-refractivity contribution >= 4 is 55.5 Å². The van der Waals surface area contributed by atoms with Crippen LogP contribution in [0.1, 0.15) is 28.4 Å². The second kappa shape index (κ2) is 8.71. The van der Waals surface area contributed by atoms with Crippen LogP contribution in [0.4, 0.5) is 24.0 Å². The van der Waals surface area contributed by atoms with Crippen LogP contribution in [0.5, 0.6) is 5.75 Å². The van der Waals surface area contributed by atoms with E-state index in [1.54, 1.807) is 0 Å². The zero-order valence-corrected chi connectivity index (χ0v) is 19.4. The van der Waals surface area contributed by atoms with E-state index in [1.165, 1.54) is 58.7 Å². The Morgan fingerprint density at radius 1 is 1.16 bits per heavy atom. The summed E-state index contributed by atoms with van der Waals surface area (Å²) in [7, 11) is 0. The molecule has 0 fully saturated rings. The predicted octanol–water partition coefficient (Wildman–Crippen LogP) is 5.95. The minimum atomic E-state index is -4.73. The molecular formula is C19H16F3N5O2S3. The number of ether oxygens (including phenoxy) is 1. The molecule has 0 aliphatic heterocycles. The molecule has 168 valence electrons. The molecule has 2 N–H and O–H groups in total. The number of thiophene rings is 1. The molecule has 0 spiro atoms. The van der Waals surface area contributed by atoms with Gasteiger partial charge in [-0.05, 0) is 50.6 Å². The molecule has 0 aliphatic carbocycles. The van der Waals surface area contributed by atoms with Gasteiger partial charge >= 0.3 is 6.36 Å². The van der Waals surface area contributed by atoms with E-state index in [9.17, 15) is 18.0 Å². The number of aromatic nitrogens is 4. The van der Waals surface area contributed by atoms with Gasteiger partial charge in [0, 0.05) is 10.6 Å². The van der Waals surface area contributed by atoms with Crippen molar-refractivity contribution in [2.75, 3.05) is 5.32 Å². The number of aryl methyl sites for hydroxylation is 2. The third kappa shape index (κ3) is 5.05. The standard InChI is InChI=1S/C19H16F3N5O2S3/c1-8-9(2)30-16-13(8)15(28)24-14(25-16)10(3)31-18-27-26-17(32-18)23-11-4-6-12(7-5-11)29-19(20,21)22/h4-7,10H,1-3H3,(H,23,26)(H,24,25,28). The molecule has 1 aromatic carbocycles. The van der Waals surface area contributed by atoms with Crippen molar-refractivity contribution in [2.24, 2.45) is 0 Å². The Hall–Kier alpha value is -2.64. The molecule has 0 amide bonds. The van der Waals surface area contributed by atoms with Crippen LogP contribution in [-0.4, -0.2) is 26.5 Å². The van der Waals surface area contributed by atoms with Crippen LogP contribution in [0.15, 0.2) is 33.4 Å². The zero-order valence-electron chi connectivity index (χ0n) is 16.9. The molecule has 1 unspecified atom stereocenters. The second-order valence-electron chi connectivity index (χ2n) is 6.74. The van der Waals surface area contributed by atoms with E-state index in [-0.39, 0.29) is 16.6 Å². The lowest BCUT2D eigenvalue weighted by molar-refractivity contribution is -0.274. The highest BCUT2D eigenvalue weighted by atomic mass is 32.2. The molecule has 0 saturated heterocycles. The molecule has 0 saturated carbocycles. The first-order valence-corrected chi connectivity index (χ1v) is 11.7. The summed E-state index contributed by atoms with van der Waals surface area (Å²) < 4.78 is 41.3. The highest BCUT2D eigenvalue weighted by Crippen LogP contribution is 2.37. The van der Waals surface area contributed by atoms with Gasteiger partial charge in [-0.25, -0.2) is 4.98 Å². The average Bonchev–Trinajstić information content (AvgIpc) is 3.26. The van der Waals surface area contributed by atoms with Crippen LogP contribution in [0.3, 0.4) is 0 Å². The summed E-state index contributed by atoms with van der Waals surface area (Å²) in [4.78, 5) is 21.7. The number of benzene rings is 1. The van der Waals surface area contributed by atoms with Crippen molar-refractivity contribution in [1.29, 1.82) is 0 Å². The number of fused-ring (bicyclic) bond motifs is 1. The fourth-order valence-corrected chi connectivity index (χ4v) is 5.85. The Morgan fingerprint density at radius 2 is 1.88 bits per heavy atom. The number of hydrogen-bond acceptors (Lipinski definition) is 9. The van der Waals surface area contributed by atoms with Gasteiger partial charge in [-0.3, -0.25) is 4.79 Å². The topological polar surface area (TPSA) is 92.8 Å². The first-order chi connectivity index (χ1) is 15.1. The SMILES string of the molecule is Cc1sc2nc(C(C)Sc3nnc(Nc4ccc(OC(F)(F)F)cc4)s3)[nH]c(=O)c2c1C. The van der Waals surface area contributed by atoms with Crippen LogP contribution in [0.25, 0.3) is 10.2 Å². The summed E-state index contributed by atoms with van der Waals surface area (Å²) in [6, 6.07) is 5.32. The normalized spacial score (nSPS) is 12.8. The van der Waals surface area contributed by atoms with Crippen molar-refractivity contribution in [3.8, 4) is 5.75 Å². The maximum atomic E-state index is 12.5. The number of aromatic amines is 1. The Balaban J connectivity index is 1.44. The van der Waals surface area contributed by atoms with Gasteiger partial charge < -0.3 is 15.0 Å². The number of alkyl halides is 3. The molecule has 1 atom stereocenters. The molecule has 4 aromatic rings. The second-order valence-corrected chi connectivity index (χ2v) is 10.5. The molecule has 13 heteroatoms. The number of nitrogens with one attached hydrogen (secondary N) is 2. The lowest BCUT2D eigenvalue weighted by Gasteiger charge is -2.09. The Kier molecular flexibility index (Phi) is 6.14. The molecule has 7 nitrogen and oxygen atoms in total. The van der Waals surface area contributed by atoms with Crippen molar-refractivity contribution in [1.82, 2.24) is 20.2 Å². The monoisotopic (exact) mass is 499 g/mol. The quantitative estimate of drug-likeness (QED) is 0.317. The van der Waals surface area contributed by atoms with Crippen LogP contribution in [-0.2, 0) is 0 Å². The fourth-order valence-electron chi connectivity index (χ4n) is 2.84. The van der Waals surface area contributed by atoms with Gasteiger partial charge in [0.15, 0.2) is 4.34 Å². The van der Waals surface area contributed by atoms with Crippen molar-refractivity contribution < 1.29 is 17.9 Å². The molecular weight excluding hydrogens is 483 g/mol. The van der Waals surface area contributed by atoms with Crippen molar-refractivity contribution in [3.05, 3.63) is 50.9 Å². The number of rotatable bonds is 6. The van der Waals surface area contributed by atoms with Gasteiger partial charge in [-0.2, -0.15) is 0 Å². The van der Waals surface area contributed by atoms with Gasteiger partial charge in [0.25, 0.3) is 5.56 Å². The lowest BCUT2D eigenvalue weighted by Crippen LogP contribution is -2.16. The maximum Gasteiger partial charge on any atom is 0.573 e. The third-order valence-corrected chi connectivity index (χ3v) is 7.60. The van der Waals surface area contributed by atoms with E-state index >= 15 is 0 Å². The Labute approximate surface area is 192 Å². The van der Waals surface area contributed by atoms with E-state index in [1.807, 2.05) is 20.8 Å². The van der Waals surface area contributed by atoms with Crippen molar-refractivity contribution in [2.45, 2.75) is 36.7 Å². The van der Waals surface area contributed by atoms with Crippen LogP contribution >= 0.6 is 34.4 Å². The van der Waals surface area contributed by atoms with Crippen LogP contribution in [0.2, 0.25) is 0 Å². The van der Waals surface area contributed by atoms with E-state index in [0.29, 0.717) is 31.2 Å². The third-order valence-electron chi connectivity index (χ3n) is 4.47. The molecule has 3 heterocycles. The van der Waals surface area contributed by atoms with E-state index < -0.39 is 6.36 Å². The fraction of sp³-hybridized carbons (Fsp3) is 0.263. The maximum absolute atomic E-state index is 12.5. The number of hydrogen-bond donors (Lipinski definition) is 2. The molecule has 0 radical (unpaired) electrons. The number of nitrogens with zero attached hydrogens (tertiary/aromatic N) is 3. The number of H-pyrrole nitrogens is 1. The summed E-state index contributed by atoms with van der Waals surface area (Å²) >= 11 is 4.17. The van der Waals surface area contributed by atoms with E-state index in [4.69, 9.17) is 0 Å². The summed E-state index contributed by atoms with van der Waals surface area (Å²) in [5.41, 5.74) is 1.33. The number of thioether (sulfide) groups is 1. The number of anilines is 2. The highest BCUT2D eigenvalue weighted by molar-refractivity contribution is 8.01. The first-order valence-electron chi connectivity index (χ1n) is 9.22. The van der Waals surface area contributed by atoms with Gasteiger partial charge in [-0.1, -0.05) is 23.1 Å². The summed E-state index contributed by atoms with van der Waals surface area (Å²) in [5, 5.41) is 12.1. The van der Waals surface area contributed by atoms with Gasteiger partial charge in [0.2, 0.25) is 5.13 Å². The first kappa shape index (κ1) is 22.6. The Bertz CT molecular complexity index is 1310. The van der Waals surface area contributed by atoms with Crippen LogP contribution < -0.4 is 15.6 Å². The molecule has 0 bridgehead atoms. The minimum Gasteiger partial charge on any atom is -0.406 e. The summed E-state index contributed by atoms with van der Waals surface area (Å²) in [6.45, 7) is 5.79. The summed E-state index contributed by atoms with van der Waals surface area (Å²) in [6.07, 6.45) is -4.73. The average molecular weight is 500 g/mol. The van der Waals surface area contributed by atoms with Gasteiger partial charge in [0.05, 0.1) is 10.6 Å². The molecule has 3 aromatic heterocycles. The predicted molar refractivity (Wildman–Crippen MR) is 120 cm³/mol. The van der Waals surface area contributed by atoms with Crippen LogP contribution in [0, 0.1) is 13.8 Å². The molecule has 32 heavy (non-hydrogen) atoms. The lowest BCUT2D eigenvalue weighted by atomic mass is 10.2. The molecule has 4 rings (SSSR count). The highest BCUT2D eigenvalue weighted by Gasteiger charge is 2.31. The summed E-state index contributed by atoms with van der Waals surface area (Å²) in [5.74, 6) is 0.249. The zero-order chi connectivity index (χ0) is 23.0. The molecule has 0 aliphatic rings. The van der Waals surface area contributed by atoms with Gasteiger partial charge in [0.1, 0.15) is 16.4 Å². The Morgan fingerprint density at radius 3 is 2.56 bits per heavy atom. The smallest absolute Gasteiger partial charge is 0.406 e. The largest absolute Gasteiger partial charge is 0.573 e.